The molecule has 0 unspecified atom stereocenters. The quantitative estimate of drug-likeness (QED) is 0.0316. The van der Waals surface area contributed by atoms with Crippen molar-refractivity contribution in [1.82, 2.24) is 0 Å². The molecular weight excluding hydrogens is 1060 g/mol. The van der Waals surface area contributed by atoms with Crippen LogP contribution in [0.2, 0.25) is 0 Å². The van der Waals surface area contributed by atoms with Crippen molar-refractivity contribution in [3.8, 4) is 34.5 Å². The van der Waals surface area contributed by atoms with Gasteiger partial charge in [0, 0.05) is 38.5 Å². The fourth-order valence-corrected chi connectivity index (χ4v) is 11.1. The normalized spacial score (nSPS) is 11.8. The van der Waals surface area contributed by atoms with E-state index in [1.807, 2.05) is 0 Å². The van der Waals surface area contributed by atoms with E-state index < -0.39 is 0 Å². The summed E-state index contributed by atoms with van der Waals surface area (Å²) in [7, 11) is 0. The maximum atomic E-state index is 6.89. The van der Waals surface area contributed by atoms with Crippen LogP contribution in [0, 0.1) is 41.5 Å². The van der Waals surface area contributed by atoms with Crippen LogP contribution in [0.15, 0.2) is 150 Å². The molecule has 1 aliphatic carbocycles. The molecule has 0 atom stereocenters. The summed E-state index contributed by atoms with van der Waals surface area (Å²) in [4.78, 5) is 0. The van der Waals surface area contributed by atoms with Crippen LogP contribution in [-0.2, 0) is 66.9 Å². The predicted octanol–water partition coefficient (Wildman–Crippen LogP) is 14.6. The van der Waals surface area contributed by atoms with Crippen LogP contribution in [0.4, 0.5) is 0 Å². The molecule has 84 heavy (non-hydrogen) atoms. The molecule has 0 N–H and O–H groups in total. The third kappa shape index (κ3) is 17.7. The number of aryl methyl sites for hydroxylation is 6. The molecule has 0 heterocycles. The smallest absolute Gasteiger partial charge is 0.126 e. The van der Waals surface area contributed by atoms with E-state index in [0.717, 1.165) is 135 Å². The first-order chi connectivity index (χ1) is 40.9. The molecule has 0 radical (unpaired) electrons. The van der Waals surface area contributed by atoms with Crippen LogP contribution in [0.3, 0.4) is 0 Å². The van der Waals surface area contributed by atoms with E-state index >= 15 is 0 Å². The first-order valence-corrected chi connectivity index (χ1v) is 28.7. The van der Waals surface area contributed by atoms with Gasteiger partial charge in [0.1, 0.15) is 114 Å². The highest BCUT2D eigenvalue weighted by atomic mass is 16.5. The summed E-state index contributed by atoms with van der Waals surface area (Å²) >= 11 is 0. The van der Waals surface area contributed by atoms with Gasteiger partial charge < -0.3 is 56.8 Å². The van der Waals surface area contributed by atoms with Gasteiger partial charge in [0.2, 0.25) is 0 Å². The Hall–Kier alpha value is -8.64. The Morgan fingerprint density at radius 2 is 0.345 bits per heavy atom. The Morgan fingerprint density at radius 1 is 0.226 bits per heavy atom. The van der Waals surface area contributed by atoms with Gasteiger partial charge in [0.25, 0.3) is 0 Å². The number of hydrogen-bond acceptors (Lipinski definition) is 12. The zero-order chi connectivity index (χ0) is 59.8. The standard InChI is InChI=1S/C72H84O12/c1-13-73-19-25-79-67-55-31-49(7)32-56(67)44-58-34-51(9)36-60(69(58)81-27-21-75-15-3)46-62-38-53(11)40-64(71(62)83-29-23-77-17-5)48-66-42-54(12)41-65(72(66)84-30-24-78-18-6)47-63-39-52(10)37-61(70(63)82-28-22-76-16-4)45-59-35-50(8)33-57(43-55)68(59)80-26-20-74-14-2/h13-18,31-42H,1-6,19-30,43-48H2,7-12H3. The molecule has 444 valence electrons. The van der Waals surface area contributed by atoms with Crippen LogP contribution in [0.25, 0.3) is 0 Å². The molecule has 0 saturated heterocycles. The van der Waals surface area contributed by atoms with Gasteiger partial charge in [-0.05, 0) is 108 Å². The molecule has 0 amide bonds. The van der Waals surface area contributed by atoms with Crippen molar-refractivity contribution in [1.29, 1.82) is 0 Å². The molecule has 6 aromatic carbocycles. The highest BCUT2D eigenvalue weighted by Crippen LogP contribution is 2.42. The largest absolute Gasteiger partial charge is 0.498 e. The summed E-state index contributed by atoms with van der Waals surface area (Å²) in [5, 5.41) is 0. The Kier molecular flexibility index (Phi) is 24.2. The van der Waals surface area contributed by atoms with Crippen LogP contribution < -0.4 is 28.4 Å². The molecule has 7 rings (SSSR count). The minimum absolute atomic E-state index is 0.283. The topological polar surface area (TPSA) is 111 Å². The Labute approximate surface area is 498 Å². The second-order valence-electron chi connectivity index (χ2n) is 20.8. The fourth-order valence-electron chi connectivity index (χ4n) is 11.1. The minimum atomic E-state index is 0.283. The van der Waals surface area contributed by atoms with Crippen LogP contribution in [0.5, 0.6) is 34.5 Å². The van der Waals surface area contributed by atoms with Gasteiger partial charge in [-0.2, -0.15) is 0 Å². The minimum Gasteiger partial charge on any atom is -0.498 e. The predicted molar refractivity (Wildman–Crippen MR) is 334 cm³/mol. The molecule has 0 saturated carbocycles. The number of fused-ring (bicyclic) bond motifs is 12. The number of hydrogen-bond donors (Lipinski definition) is 0. The second kappa shape index (κ2) is 32.3. The number of ether oxygens (including phenoxy) is 12. The number of benzene rings is 6. The zero-order valence-electron chi connectivity index (χ0n) is 50.3. The molecule has 0 spiro atoms. The van der Waals surface area contributed by atoms with Crippen molar-refractivity contribution in [2.45, 2.75) is 80.1 Å². The zero-order valence-corrected chi connectivity index (χ0v) is 50.3. The van der Waals surface area contributed by atoms with E-state index in [4.69, 9.17) is 56.8 Å². The molecule has 0 fully saturated rings. The van der Waals surface area contributed by atoms with Gasteiger partial charge in [0.15, 0.2) is 0 Å². The second-order valence-corrected chi connectivity index (χ2v) is 20.8. The van der Waals surface area contributed by atoms with Gasteiger partial charge in [0.05, 0.1) is 37.6 Å². The molecule has 0 aliphatic heterocycles. The summed E-state index contributed by atoms with van der Waals surface area (Å²) in [5.74, 6) is 4.54. The summed E-state index contributed by atoms with van der Waals surface area (Å²) in [6.45, 7) is 39.0. The Morgan fingerprint density at radius 3 is 0.452 bits per heavy atom. The SMILES string of the molecule is C=COCCOc1c2cc(C)cc1Cc1cc(C)cc(c1OCCOC=C)Cc1cc(C)cc(c1OCCOC=C)Cc1cc(C)cc(c1OCCOC=C)Cc1cc(C)cc(c1OCCOC=C)Cc1cc(C)cc(c1OCCOC=C)C2. The van der Waals surface area contributed by atoms with E-state index in [1.54, 1.807) is 0 Å². The van der Waals surface area contributed by atoms with Crippen molar-refractivity contribution in [2.75, 3.05) is 79.3 Å². The van der Waals surface area contributed by atoms with E-state index in [2.05, 4.69) is 154 Å². The highest BCUT2D eigenvalue weighted by Gasteiger charge is 2.25. The third-order valence-electron chi connectivity index (χ3n) is 14.0. The van der Waals surface area contributed by atoms with Crippen LogP contribution in [-0.4, -0.2) is 79.3 Å². The van der Waals surface area contributed by atoms with Crippen LogP contribution in [0.1, 0.15) is 100 Å². The molecular formula is C72H84O12. The lowest BCUT2D eigenvalue weighted by atomic mass is 9.88. The summed E-state index contributed by atoms with van der Waals surface area (Å²) in [6, 6.07) is 26.5. The lowest BCUT2D eigenvalue weighted by Gasteiger charge is -2.24. The average Bonchev–Trinajstić information content (AvgIpc) is 3.65. The Balaban J connectivity index is 1.55. The van der Waals surface area contributed by atoms with Gasteiger partial charge >= 0.3 is 0 Å². The fraction of sp³-hybridized carbons (Fsp3) is 0.333. The Bertz CT molecular complexity index is 2550. The first kappa shape index (κ1) is 63.0. The highest BCUT2D eigenvalue weighted by molar-refractivity contribution is 5.60. The lowest BCUT2D eigenvalue weighted by molar-refractivity contribution is 0.176. The molecule has 6 aromatic rings. The summed E-state index contributed by atoms with van der Waals surface area (Å²) < 4.78 is 75.2. The first-order valence-electron chi connectivity index (χ1n) is 28.7. The van der Waals surface area contributed by atoms with Crippen molar-refractivity contribution in [3.05, 3.63) is 250 Å². The van der Waals surface area contributed by atoms with Gasteiger partial charge in [-0.1, -0.05) is 146 Å². The van der Waals surface area contributed by atoms with Gasteiger partial charge in [-0.25, -0.2) is 0 Å². The molecule has 12 bridgehead atoms. The van der Waals surface area contributed by atoms with Crippen LogP contribution >= 0.6 is 0 Å². The van der Waals surface area contributed by atoms with Crippen molar-refractivity contribution >= 4 is 0 Å². The van der Waals surface area contributed by atoms with E-state index in [9.17, 15) is 0 Å². The van der Waals surface area contributed by atoms with Crippen molar-refractivity contribution in [3.63, 3.8) is 0 Å². The maximum Gasteiger partial charge on any atom is 0.126 e. The van der Waals surface area contributed by atoms with E-state index in [-0.39, 0.29) is 39.6 Å². The van der Waals surface area contributed by atoms with Gasteiger partial charge in [-0.3, -0.25) is 0 Å². The third-order valence-corrected chi connectivity index (χ3v) is 14.0. The monoisotopic (exact) mass is 1140 g/mol. The molecule has 1 aliphatic rings. The lowest BCUT2D eigenvalue weighted by Crippen LogP contribution is -2.13. The van der Waals surface area contributed by atoms with Crippen molar-refractivity contribution in [2.24, 2.45) is 0 Å². The van der Waals surface area contributed by atoms with Crippen molar-refractivity contribution < 1.29 is 56.8 Å². The molecule has 0 aromatic heterocycles. The van der Waals surface area contributed by atoms with Gasteiger partial charge in [-0.15, -0.1) is 0 Å². The van der Waals surface area contributed by atoms with E-state index in [1.165, 1.54) is 37.6 Å². The molecule has 12 nitrogen and oxygen atoms in total. The summed E-state index contributed by atoms with van der Waals surface area (Å²) in [6.07, 6.45) is 11.5. The van der Waals surface area contributed by atoms with E-state index in [0.29, 0.717) is 78.2 Å². The maximum absolute atomic E-state index is 6.89. The molecule has 12 heteroatoms. The average molecular weight is 1140 g/mol. The summed E-state index contributed by atoms with van der Waals surface area (Å²) in [5.41, 5.74) is 18.3. The number of rotatable bonds is 30.